The molecule has 4 rings (SSSR count). The summed E-state index contributed by atoms with van der Waals surface area (Å²) in [6.45, 7) is 3.79. The highest BCUT2D eigenvalue weighted by molar-refractivity contribution is 7.14. The SMILES string of the molecule is Cc1nc(C)c(C(=O)C2=C(O)C(=O)N(Cc3ccncc3)C2c2cccnc2)s1. The van der Waals surface area contributed by atoms with Crippen molar-refractivity contribution in [3.63, 3.8) is 0 Å². The normalized spacial score (nSPS) is 16.6. The quantitative estimate of drug-likeness (QED) is 0.653. The number of amides is 1. The van der Waals surface area contributed by atoms with E-state index in [-0.39, 0.29) is 17.9 Å². The van der Waals surface area contributed by atoms with Crippen LogP contribution in [0.4, 0.5) is 0 Å². The monoisotopic (exact) mass is 406 g/mol. The van der Waals surface area contributed by atoms with E-state index in [9.17, 15) is 14.7 Å². The molecule has 0 aromatic carbocycles. The number of Topliss-reactive ketones (excluding diaryl/α,β-unsaturated/α-hetero) is 1. The third kappa shape index (κ3) is 3.42. The Morgan fingerprint density at radius 2 is 1.93 bits per heavy atom. The van der Waals surface area contributed by atoms with Gasteiger partial charge in [-0.1, -0.05) is 6.07 Å². The molecule has 0 saturated carbocycles. The molecule has 1 aliphatic rings. The molecule has 1 amide bonds. The molecule has 146 valence electrons. The lowest BCUT2D eigenvalue weighted by atomic mass is 9.96. The Hall–Kier alpha value is -3.39. The van der Waals surface area contributed by atoms with Gasteiger partial charge in [0, 0.05) is 31.3 Å². The van der Waals surface area contributed by atoms with Gasteiger partial charge in [0.1, 0.15) is 0 Å². The summed E-state index contributed by atoms with van der Waals surface area (Å²) in [7, 11) is 0. The first-order valence-corrected chi connectivity index (χ1v) is 9.80. The number of pyridine rings is 2. The standard InChI is InChI=1S/C21H18N4O3S/c1-12-20(29-13(2)24-12)18(26)16-17(15-4-3-7-23-10-15)25(21(28)19(16)27)11-14-5-8-22-9-6-14/h3-10,17,27H,11H2,1-2H3. The largest absolute Gasteiger partial charge is 0.503 e. The first kappa shape index (κ1) is 18.9. The van der Waals surface area contributed by atoms with E-state index in [1.807, 2.05) is 6.92 Å². The number of hydrogen-bond donors (Lipinski definition) is 1. The van der Waals surface area contributed by atoms with Crippen molar-refractivity contribution < 1.29 is 14.7 Å². The number of aliphatic hydroxyl groups excluding tert-OH is 1. The van der Waals surface area contributed by atoms with E-state index in [0.717, 1.165) is 10.6 Å². The van der Waals surface area contributed by atoms with Crippen LogP contribution in [0.15, 0.2) is 60.4 Å². The predicted octanol–water partition coefficient (Wildman–Crippen LogP) is 3.33. The number of carbonyl (C=O) groups excluding carboxylic acids is 2. The van der Waals surface area contributed by atoms with E-state index in [0.29, 0.717) is 16.1 Å². The summed E-state index contributed by atoms with van der Waals surface area (Å²) in [5.41, 5.74) is 2.14. The molecule has 1 aliphatic heterocycles. The van der Waals surface area contributed by atoms with Crippen molar-refractivity contribution >= 4 is 23.0 Å². The molecular weight excluding hydrogens is 388 g/mol. The highest BCUT2D eigenvalue weighted by Gasteiger charge is 2.44. The highest BCUT2D eigenvalue weighted by Crippen LogP contribution is 2.40. The molecule has 1 unspecified atom stereocenters. The van der Waals surface area contributed by atoms with Crippen LogP contribution in [0.5, 0.6) is 0 Å². The van der Waals surface area contributed by atoms with Crippen molar-refractivity contribution in [2.75, 3.05) is 0 Å². The van der Waals surface area contributed by atoms with Crippen molar-refractivity contribution in [3.8, 4) is 0 Å². The zero-order valence-electron chi connectivity index (χ0n) is 15.9. The molecule has 0 spiro atoms. The minimum absolute atomic E-state index is 0.0591. The van der Waals surface area contributed by atoms with Gasteiger partial charge in [0.25, 0.3) is 5.91 Å². The zero-order chi connectivity index (χ0) is 20.5. The van der Waals surface area contributed by atoms with Crippen LogP contribution in [0.2, 0.25) is 0 Å². The number of ketones is 1. The highest BCUT2D eigenvalue weighted by atomic mass is 32.1. The van der Waals surface area contributed by atoms with Crippen LogP contribution in [0, 0.1) is 13.8 Å². The Balaban J connectivity index is 1.81. The molecule has 0 radical (unpaired) electrons. The number of aliphatic hydroxyl groups is 1. The molecule has 3 aromatic heterocycles. The van der Waals surface area contributed by atoms with Crippen molar-refractivity contribution in [1.29, 1.82) is 0 Å². The Kier molecular flexibility index (Phi) is 4.94. The van der Waals surface area contributed by atoms with E-state index in [2.05, 4.69) is 15.0 Å². The van der Waals surface area contributed by atoms with Crippen molar-refractivity contribution in [3.05, 3.63) is 87.1 Å². The average molecular weight is 406 g/mol. The third-order valence-electron chi connectivity index (χ3n) is 4.76. The third-order valence-corrected chi connectivity index (χ3v) is 5.83. The number of nitrogens with zero attached hydrogens (tertiary/aromatic N) is 4. The summed E-state index contributed by atoms with van der Waals surface area (Å²) in [6, 6.07) is 6.38. The predicted molar refractivity (Wildman–Crippen MR) is 107 cm³/mol. The van der Waals surface area contributed by atoms with Gasteiger partial charge in [0.05, 0.1) is 27.2 Å². The molecule has 4 heterocycles. The second-order valence-corrected chi connectivity index (χ2v) is 7.92. The Morgan fingerprint density at radius 1 is 1.17 bits per heavy atom. The first-order valence-electron chi connectivity index (χ1n) is 8.99. The molecule has 7 nitrogen and oxygen atoms in total. The average Bonchev–Trinajstić information content (AvgIpc) is 3.19. The Morgan fingerprint density at radius 3 is 2.55 bits per heavy atom. The zero-order valence-corrected chi connectivity index (χ0v) is 16.7. The van der Waals surface area contributed by atoms with Crippen LogP contribution in [0.1, 0.15) is 37.5 Å². The molecule has 29 heavy (non-hydrogen) atoms. The number of rotatable bonds is 5. The molecular formula is C21H18N4O3S. The van der Waals surface area contributed by atoms with Gasteiger partial charge in [-0.15, -0.1) is 11.3 Å². The van der Waals surface area contributed by atoms with E-state index >= 15 is 0 Å². The topological polar surface area (TPSA) is 96.3 Å². The first-order chi connectivity index (χ1) is 14.0. The maximum absolute atomic E-state index is 13.4. The van der Waals surface area contributed by atoms with Crippen LogP contribution < -0.4 is 0 Å². The van der Waals surface area contributed by atoms with Crippen molar-refractivity contribution in [1.82, 2.24) is 19.9 Å². The Bertz CT molecular complexity index is 1110. The second-order valence-electron chi connectivity index (χ2n) is 6.72. The molecule has 1 N–H and O–H groups in total. The molecule has 0 saturated heterocycles. The number of carbonyl (C=O) groups is 2. The van der Waals surface area contributed by atoms with Gasteiger partial charge in [-0.2, -0.15) is 0 Å². The van der Waals surface area contributed by atoms with Crippen molar-refractivity contribution in [2.24, 2.45) is 0 Å². The van der Waals surface area contributed by atoms with E-state index in [4.69, 9.17) is 0 Å². The fourth-order valence-corrected chi connectivity index (χ4v) is 4.36. The number of aromatic nitrogens is 3. The maximum Gasteiger partial charge on any atom is 0.290 e. The number of thiazole rings is 1. The lowest BCUT2D eigenvalue weighted by Gasteiger charge is -2.26. The lowest BCUT2D eigenvalue weighted by Crippen LogP contribution is -2.30. The maximum atomic E-state index is 13.4. The molecule has 3 aromatic rings. The van der Waals surface area contributed by atoms with Gasteiger partial charge in [0.2, 0.25) is 5.78 Å². The van der Waals surface area contributed by atoms with Gasteiger partial charge in [-0.3, -0.25) is 19.6 Å². The fraction of sp³-hybridized carbons (Fsp3) is 0.190. The van der Waals surface area contributed by atoms with E-state index in [1.54, 1.807) is 56.0 Å². The van der Waals surface area contributed by atoms with Crippen LogP contribution in [-0.4, -0.2) is 36.6 Å². The van der Waals surface area contributed by atoms with E-state index in [1.165, 1.54) is 16.2 Å². The summed E-state index contributed by atoms with van der Waals surface area (Å²) < 4.78 is 0. The van der Waals surface area contributed by atoms with Crippen LogP contribution in [0.25, 0.3) is 0 Å². The van der Waals surface area contributed by atoms with Crippen LogP contribution in [-0.2, 0) is 11.3 Å². The van der Waals surface area contributed by atoms with Crippen molar-refractivity contribution in [2.45, 2.75) is 26.4 Å². The molecule has 1 atom stereocenters. The summed E-state index contributed by atoms with van der Waals surface area (Å²) in [5.74, 6) is -1.49. The molecule has 0 fully saturated rings. The second kappa shape index (κ2) is 7.56. The lowest BCUT2D eigenvalue weighted by molar-refractivity contribution is -0.130. The number of aryl methyl sites for hydroxylation is 2. The summed E-state index contributed by atoms with van der Waals surface area (Å²) >= 11 is 1.26. The minimum Gasteiger partial charge on any atom is -0.503 e. The fourth-order valence-electron chi connectivity index (χ4n) is 3.48. The minimum atomic E-state index is -0.737. The van der Waals surface area contributed by atoms with Gasteiger partial charge < -0.3 is 10.0 Å². The molecule has 0 bridgehead atoms. The van der Waals surface area contributed by atoms with Gasteiger partial charge in [-0.05, 0) is 43.2 Å². The number of hydrogen-bond acceptors (Lipinski definition) is 7. The van der Waals surface area contributed by atoms with Gasteiger partial charge in [-0.25, -0.2) is 4.98 Å². The molecule has 0 aliphatic carbocycles. The van der Waals surface area contributed by atoms with Gasteiger partial charge >= 0.3 is 0 Å². The smallest absolute Gasteiger partial charge is 0.290 e. The summed E-state index contributed by atoms with van der Waals surface area (Å²) in [4.78, 5) is 40.7. The van der Waals surface area contributed by atoms with Crippen LogP contribution in [0.3, 0.4) is 0 Å². The van der Waals surface area contributed by atoms with Gasteiger partial charge in [0.15, 0.2) is 5.76 Å². The summed E-state index contributed by atoms with van der Waals surface area (Å²) in [5, 5.41) is 11.4. The Labute approximate surface area is 171 Å². The van der Waals surface area contributed by atoms with E-state index < -0.39 is 17.7 Å². The molecule has 8 heteroatoms. The van der Waals surface area contributed by atoms with Crippen LogP contribution >= 0.6 is 11.3 Å². The summed E-state index contributed by atoms with van der Waals surface area (Å²) in [6.07, 6.45) is 6.50.